The number of ether oxygens (including phenoxy) is 1. The summed E-state index contributed by atoms with van der Waals surface area (Å²) in [6, 6.07) is 24.2. The zero-order valence-corrected chi connectivity index (χ0v) is 21.0. The maximum atomic E-state index is 13.7. The van der Waals surface area contributed by atoms with E-state index in [0.717, 1.165) is 35.1 Å². The van der Waals surface area contributed by atoms with Gasteiger partial charge in [-0.25, -0.2) is 0 Å². The van der Waals surface area contributed by atoms with Crippen molar-refractivity contribution in [3.05, 3.63) is 107 Å². The van der Waals surface area contributed by atoms with Crippen LogP contribution in [0.4, 0.5) is 0 Å². The lowest BCUT2D eigenvalue weighted by atomic mass is 9.42. The number of benzene rings is 3. The van der Waals surface area contributed by atoms with Crippen molar-refractivity contribution in [3.8, 4) is 5.75 Å². The fourth-order valence-electron chi connectivity index (χ4n) is 7.70. The molecular weight excluding hydrogens is 462 g/mol. The van der Waals surface area contributed by atoms with Gasteiger partial charge in [-0.3, -0.25) is 9.59 Å². The minimum absolute atomic E-state index is 0.0574. The van der Waals surface area contributed by atoms with Gasteiger partial charge in [0.25, 0.3) is 0 Å². The van der Waals surface area contributed by atoms with Crippen molar-refractivity contribution in [3.63, 3.8) is 0 Å². The van der Waals surface area contributed by atoms with Crippen LogP contribution in [0.25, 0.3) is 6.08 Å². The summed E-state index contributed by atoms with van der Waals surface area (Å²) in [5, 5.41) is 10.9. The number of fused-ring (bicyclic) bond motifs is 1. The van der Waals surface area contributed by atoms with Gasteiger partial charge in [0.1, 0.15) is 5.75 Å². The van der Waals surface area contributed by atoms with Crippen molar-refractivity contribution in [1.82, 2.24) is 4.90 Å². The molecule has 1 saturated carbocycles. The van der Waals surface area contributed by atoms with E-state index in [1.807, 2.05) is 53.4 Å². The summed E-state index contributed by atoms with van der Waals surface area (Å²) in [6.45, 7) is 4.59. The molecule has 1 saturated heterocycles. The topological polar surface area (TPSA) is 66.8 Å². The predicted molar refractivity (Wildman–Crippen MR) is 143 cm³/mol. The largest absolute Gasteiger partial charge is 0.496 e. The van der Waals surface area contributed by atoms with Crippen LogP contribution in [0.1, 0.15) is 46.6 Å². The number of methoxy groups -OCH3 is 1. The number of hydrogen-bond acceptors (Lipinski definition) is 3. The lowest BCUT2D eigenvalue weighted by molar-refractivity contribution is -0.157. The van der Waals surface area contributed by atoms with Crippen LogP contribution in [0.3, 0.4) is 0 Å². The Labute approximate surface area is 217 Å². The molecule has 1 heterocycles. The number of para-hydroxylation sites is 1. The molecule has 4 aliphatic rings. The summed E-state index contributed by atoms with van der Waals surface area (Å²) in [4.78, 5) is 28.8. The van der Waals surface area contributed by atoms with Crippen LogP contribution in [0.2, 0.25) is 0 Å². The lowest BCUT2D eigenvalue weighted by Gasteiger charge is -2.59. The van der Waals surface area contributed by atoms with Crippen molar-refractivity contribution < 1.29 is 19.4 Å². The molecule has 3 aromatic rings. The van der Waals surface area contributed by atoms with Crippen molar-refractivity contribution in [2.75, 3.05) is 20.2 Å². The van der Waals surface area contributed by atoms with E-state index in [2.05, 4.69) is 36.9 Å². The Morgan fingerprint density at radius 1 is 1.11 bits per heavy atom. The van der Waals surface area contributed by atoms with E-state index in [0.29, 0.717) is 12.3 Å². The Morgan fingerprint density at radius 2 is 1.86 bits per heavy atom. The second-order valence-electron chi connectivity index (χ2n) is 10.6. The zero-order chi connectivity index (χ0) is 25.8. The zero-order valence-electron chi connectivity index (χ0n) is 21.0. The molecule has 0 aromatic heterocycles. The molecule has 1 N–H and O–H groups in total. The standard InChI is InChI=1S/C32H31NO4/c1-3-21-13-14-25-24(17-21)26-15-16-31(25,23-10-5-4-6-11-23)28-19-33(20-32(26,28)30(35)36)29(34)18-22-9-7-8-12-27(22)37-2/h3-14,17,26,28H,1,15-16,18-20H2,2H3,(H,35,36)/t26-,28+,31-,32+/m1/s1. The highest BCUT2D eigenvalue weighted by molar-refractivity contribution is 5.85. The first kappa shape index (κ1) is 23.5. The Bertz CT molecular complexity index is 1400. The molecule has 3 aliphatic carbocycles. The Balaban J connectivity index is 1.49. The summed E-state index contributed by atoms with van der Waals surface area (Å²) >= 11 is 0. The summed E-state index contributed by atoms with van der Waals surface area (Å²) in [5.41, 5.74) is 3.74. The highest BCUT2D eigenvalue weighted by Gasteiger charge is 2.70. The van der Waals surface area contributed by atoms with Crippen LogP contribution >= 0.6 is 0 Å². The molecule has 5 nitrogen and oxygen atoms in total. The van der Waals surface area contributed by atoms with Gasteiger partial charge in [-0.1, -0.05) is 79.4 Å². The number of hydrogen-bond donors (Lipinski definition) is 1. The van der Waals surface area contributed by atoms with Gasteiger partial charge in [0.05, 0.1) is 18.9 Å². The molecule has 5 heteroatoms. The molecule has 4 atom stereocenters. The number of carboxylic acids is 1. The second kappa shape index (κ2) is 8.62. The van der Waals surface area contributed by atoms with Gasteiger partial charge in [0.2, 0.25) is 5.91 Å². The third kappa shape index (κ3) is 3.23. The van der Waals surface area contributed by atoms with Crippen LogP contribution in [0, 0.1) is 11.3 Å². The number of carbonyl (C=O) groups is 2. The van der Waals surface area contributed by atoms with E-state index in [-0.39, 0.29) is 30.7 Å². The second-order valence-corrected chi connectivity index (χ2v) is 10.6. The maximum absolute atomic E-state index is 13.7. The van der Waals surface area contributed by atoms with Gasteiger partial charge in [-0.05, 0) is 41.2 Å². The summed E-state index contributed by atoms with van der Waals surface area (Å²) in [6.07, 6.45) is 3.65. The molecule has 1 amide bonds. The lowest BCUT2D eigenvalue weighted by Crippen LogP contribution is -2.60. The molecule has 2 fully saturated rings. The Kier molecular flexibility index (Phi) is 5.48. The molecule has 3 aromatic carbocycles. The highest BCUT2D eigenvalue weighted by atomic mass is 16.5. The van der Waals surface area contributed by atoms with Gasteiger partial charge in [0, 0.05) is 35.9 Å². The molecule has 37 heavy (non-hydrogen) atoms. The molecular formula is C32H31NO4. The molecule has 1 aliphatic heterocycles. The van der Waals surface area contributed by atoms with E-state index in [1.54, 1.807) is 7.11 Å². The quantitative estimate of drug-likeness (QED) is 0.507. The molecule has 188 valence electrons. The summed E-state index contributed by atoms with van der Waals surface area (Å²) in [7, 11) is 1.60. The monoisotopic (exact) mass is 493 g/mol. The van der Waals surface area contributed by atoms with Crippen LogP contribution in [-0.4, -0.2) is 42.1 Å². The van der Waals surface area contributed by atoms with Crippen molar-refractivity contribution in [1.29, 1.82) is 0 Å². The molecule has 2 bridgehead atoms. The normalized spacial score (nSPS) is 27.3. The molecule has 0 unspecified atom stereocenters. The van der Waals surface area contributed by atoms with E-state index in [9.17, 15) is 14.7 Å². The van der Waals surface area contributed by atoms with Gasteiger partial charge < -0.3 is 14.7 Å². The number of nitrogens with zero attached hydrogens (tertiary/aromatic N) is 1. The minimum Gasteiger partial charge on any atom is -0.496 e. The van der Waals surface area contributed by atoms with Gasteiger partial charge in [-0.15, -0.1) is 0 Å². The third-order valence-electron chi connectivity index (χ3n) is 9.26. The smallest absolute Gasteiger partial charge is 0.312 e. The molecule has 7 rings (SSSR count). The maximum Gasteiger partial charge on any atom is 0.312 e. The highest BCUT2D eigenvalue weighted by Crippen LogP contribution is 2.69. The van der Waals surface area contributed by atoms with E-state index < -0.39 is 16.8 Å². The Hall–Kier alpha value is -3.86. The third-order valence-corrected chi connectivity index (χ3v) is 9.26. The number of amides is 1. The number of aliphatic carboxylic acids is 1. The van der Waals surface area contributed by atoms with Gasteiger partial charge in [0.15, 0.2) is 0 Å². The SMILES string of the molecule is C=Cc1ccc2c(c1)[C@H]1CC[C@]2(c2ccccc2)[C@@H]2CN(C(=O)Cc3ccccc3OC)C[C@]12C(=O)O. The summed E-state index contributed by atoms with van der Waals surface area (Å²) < 4.78 is 5.47. The van der Waals surface area contributed by atoms with Crippen LogP contribution in [0.15, 0.2) is 79.4 Å². The van der Waals surface area contributed by atoms with Gasteiger partial charge in [-0.2, -0.15) is 0 Å². The van der Waals surface area contributed by atoms with E-state index >= 15 is 0 Å². The average Bonchev–Trinajstić information content (AvgIpc) is 3.38. The predicted octanol–water partition coefficient (Wildman–Crippen LogP) is 5.29. The van der Waals surface area contributed by atoms with E-state index in [1.165, 1.54) is 5.56 Å². The number of likely N-dealkylation sites (tertiary alicyclic amines) is 1. The fourth-order valence-corrected chi connectivity index (χ4v) is 7.70. The van der Waals surface area contributed by atoms with E-state index in [4.69, 9.17) is 4.74 Å². The first-order valence-electron chi connectivity index (χ1n) is 12.9. The molecule has 0 radical (unpaired) electrons. The van der Waals surface area contributed by atoms with Gasteiger partial charge >= 0.3 is 5.97 Å². The minimum atomic E-state index is -1.04. The Morgan fingerprint density at radius 3 is 2.59 bits per heavy atom. The fraction of sp³-hybridized carbons (Fsp3) is 0.312. The number of carbonyl (C=O) groups excluding carboxylic acids is 1. The average molecular weight is 494 g/mol. The van der Waals surface area contributed by atoms with Crippen molar-refractivity contribution in [2.45, 2.75) is 30.6 Å². The van der Waals surface area contributed by atoms with Crippen molar-refractivity contribution >= 4 is 18.0 Å². The number of rotatable bonds is 6. The van der Waals surface area contributed by atoms with Crippen LogP contribution in [-0.2, 0) is 21.4 Å². The van der Waals surface area contributed by atoms with Crippen LogP contribution < -0.4 is 4.74 Å². The molecule has 0 spiro atoms. The van der Waals surface area contributed by atoms with Crippen molar-refractivity contribution in [2.24, 2.45) is 11.3 Å². The summed E-state index contributed by atoms with van der Waals surface area (Å²) in [5.74, 6) is -0.560. The van der Waals surface area contributed by atoms with Crippen LogP contribution in [0.5, 0.6) is 5.75 Å². The first-order valence-corrected chi connectivity index (χ1v) is 12.9. The number of carboxylic acid groups (broad SMARTS) is 1. The first-order chi connectivity index (χ1) is 18.0.